The van der Waals surface area contributed by atoms with Crippen LogP contribution in [0.4, 0.5) is 5.95 Å². The van der Waals surface area contributed by atoms with Gasteiger partial charge in [-0.05, 0) is 34.5 Å². The van der Waals surface area contributed by atoms with Crippen LogP contribution in [0, 0.1) is 0 Å². The van der Waals surface area contributed by atoms with Crippen molar-refractivity contribution in [3.05, 3.63) is 38.9 Å². The summed E-state index contributed by atoms with van der Waals surface area (Å²) in [4.78, 5) is 10.0. The fourth-order valence-electron chi connectivity index (χ4n) is 1.68. The zero-order chi connectivity index (χ0) is 13.2. The predicted molar refractivity (Wildman–Crippen MR) is 79.5 cm³/mol. The van der Waals surface area contributed by atoms with Crippen LogP contribution in [-0.2, 0) is 13.0 Å². The second kappa shape index (κ2) is 5.26. The minimum atomic E-state index is 0.617. The lowest BCUT2D eigenvalue weighted by Crippen LogP contribution is -2.00. The SMILES string of the molecule is CCc1cnc(CNc2nc3ccc(Br)cn3n2)s1. The Kier molecular flexibility index (Phi) is 3.48. The highest BCUT2D eigenvalue weighted by atomic mass is 79.9. The van der Waals surface area contributed by atoms with Gasteiger partial charge in [0, 0.05) is 21.7 Å². The van der Waals surface area contributed by atoms with Crippen molar-refractivity contribution in [1.29, 1.82) is 0 Å². The van der Waals surface area contributed by atoms with E-state index < -0.39 is 0 Å². The van der Waals surface area contributed by atoms with Crippen LogP contribution in [0.3, 0.4) is 0 Å². The molecular formula is C12H12BrN5S. The first-order chi connectivity index (χ1) is 9.24. The van der Waals surface area contributed by atoms with E-state index in [1.54, 1.807) is 15.9 Å². The summed E-state index contributed by atoms with van der Waals surface area (Å²) in [7, 11) is 0. The van der Waals surface area contributed by atoms with Crippen molar-refractivity contribution in [2.24, 2.45) is 0 Å². The normalized spacial score (nSPS) is 11.1. The summed E-state index contributed by atoms with van der Waals surface area (Å²) < 4.78 is 2.72. The molecule has 1 N–H and O–H groups in total. The third kappa shape index (κ3) is 2.76. The van der Waals surface area contributed by atoms with E-state index in [2.05, 4.69) is 43.2 Å². The minimum Gasteiger partial charge on any atom is -0.346 e. The van der Waals surface area contributed by atoms with Gasteiger partial charge < -0.3 is 5.32 Å². The van der Waals surface area contributed by atoms with Crippen LogP contribution in [0.2, 0.25) is 0 Å². The molecular weight excluding hydrogens is 326 g/mol. The number of thiazole rings is 1. The van der Waals surface area contributed by atoms with Gasteiger partial charge in [-0.1, -0.05) is 6.92 Å². The molecule has 0 bridgehead atoms. The Bertz CT molecular complexity index is 705. The maximum atomic E-state index is 4.39. The van der Waals surface area contributed by atoms with Crippen LogP contribution in [0.15, 0.2) is 29.0 Å². The van der Waals surface area contributed by atoms with Crippen LogP contribution >= 0.6 is 27.3 Å². The number of hydrogen-bond acceptors (Lipinski definition) is 5. The molecule has 3 rings (SSSR count). The zero-order valence-electron chi connectivity index (χ0n) is 10.3. The van der Waals surface area contributed by atoms with Crippen molar-refractivity contribution in [3.8, 4) is 0 Å². The maximum absolute atomic E-state index is 4.39. The van der Waals surface area contributed by atoms with Gasteiger partial charge in [-0.15, -0.1) is 16.4 Å². The Morgan fingerprint density at radius 2 is 2.32 bits per heavy atom. The van der Waals surface area contributed by atoms with E-state index in [4.69, 9.17) is 0 Å². The number of pyridine rings is 1. The van der Waals surface area contributed by atoms with Crippen molar-refractivity contribution in [1.82, 2.24) is 19.6 Å². The Hall–Kier alpha value is -1.47. The molecule has 7 heteroatoms. The average Bonchev–Trinajstić information content (AvgIpc) is 3.01. The van der Waals surface area contributed by atoms with Gasteiger partial charge in [0.15, 0.2) is 5.65 Å². The number of hydrogen-bond donors (Lipinski definition) is 1. The lowest BCUT2D eigenvalue weighted by Gasteiger charge is -1.96. The highest BCUT2D eigenvalue weighted by Gasteiger charge is 2.05. The van der Waals surface area contributed by atoms with Crippen molar-refractivity contribution < 1.29 is 0 Å². The number of halogens is 1. The predicted octanol–water partition coefficient (Wildman–Crippen LogP) is 3.12. The fourth-order valence-corrected chi connectivity index (χ4v) is 2.81. The van der Waals surface area contributed by atoms with Crippen molar-refractivity contribution in [2.45, 2.75) is 19.9 Å². The van der Waals surface area contributed by atoms with Crippen LogP contribution in [0.1, 0.15) is 16.8 Å². The molecule has 19 heavy (non-hydrogen) atoms. The molecule has 0 aromatic carbocycles. The van der Waals surface area contributed by atoms with Gasteiger partial charge in [-0.25, -0.2) is 9.50 Å². The van der Waals surface area contributed by atoms with E-state index in [-0.39, 0.29) is 0 Å². The van der Waals surface area contributed by atoms with Gasteiger partial charge in [-0.3, -0.25) is 0 Å². The number of fused-ring (bicyclic) bond motifs is 1. The van der Waals surface area contributed by atoms with E-state index in [0.717, 1.165) is 21.5 Å². The highest BCUT2D eigenvalue weighted by molar-refractivity contribution is 9.10. The molecule has 3 aromatic heterocycles. The first kappa shape index (κ1) is 12.6. The Balaban J connectivity index is 1.74. The van der Waals surface area contributed by atoms with E-state index in [1.165, 1.54) is 4.88 Å². The fraction of sp³-hybridized carbons (Fsp3) is 0.250. The molecule has 0 unspecified atom stereocenters. The molecule has 0 radical (unpaired) electrons. The molecule has 0 saturated heterocycles. The summed E-state index contributed by atoms with van der Waals surface area (Å²) in [5.41, 5.74) is 0.819. The van der Waals surface area contributed by atoms with Crippen LogP contribution in [0.5, 0.6) is 0 Å². The molecule has 0 fully saturated rings. The Morgan fingerprint density at radius 3 is 3.11 bits per heavy atom. The standard InChI is InChI=1S/C12H12BrN5S/c1-2-9-5-14-11(19-9)6-15-12-16-10-4-3-8(13)7-18(10)17-12/h3-5,7H,2,6H2,1H3,(H,15,17). The van der Waals surface area contributed by atoms with Crippen molar-refractivity contribution >= 4 is 38.9 Å². The summed E-state index contributed by atoms with van der Waals surface area (Å²) in [5.74, 6) is 0.617. The second-order valence-electron chi connectivity index (χ2n) is 4.01. The topological polar surface area (TPSA) is 55.1 Å². The Labute approximate surface area is 122 Å². The molecule has 5 nitrogen and oxygen atoms in total. The maximum Gasteiger partial charge on any atom is 0.243 e. The second-order valence-corrected chi connectivity index (χ2v) is 6.13. The number of rotatable bonds is 4. The molecule has 3 aromatic rings. The molecule has 3 heterocycles. The van der Waals surface area contributed by atoms with Crippen molar-refractivity contribution in [2.75, 3.05) is 5.32 Å². The van der Waals surface area contributed by atoms with Gasteiger partial charge in [0.25, 0.3) is 0 Å². The van der Waals surface area contributed by atoms with E-state index in [0.29, 0.717) is 12.5 Å². The first-order valence-corrected chi connectivity index (χ1v) is 7.55. The quantitative estimate of drug-likeness (QED) is 0.794. The number of anilines is 1. The monoisotopic (exact) mass is 337 g/mol. The van der Waals surface area contributed by atoms with E-state index in [9.17, 15) is 0 Å². The van der Waals surface area contributed by atoms with Gasteiger partial charge in [0.05, 0.1) is 6.54 Å². The van der Waals surface area contributed by atoms with Crippen LogP contribution < -0.4 is 5.32 Å². The summed E-state index contributed by atoms with van der Waals surface area (Å²) in [6.45, 7) is 2.79. The summed E-state index contributed by atoms with van der Waals surface area (Å²) >= 11 is 5.13. The molecule has 0 amide bonds. The van der Waals surface area contributed by atoms with Gasteiger partial charge in [0.2, 0.25) is 5.95 Å². The molecule has 98 valence electrons. The van der Waals surface area contributed by atoms with Crippen LogP contribution in [0.25, 0.3) is 5.65 Å². The number of nitrogens with one attached hydrogen (secondary N) is 1. The third-order valence-corrected chi connectivity index (χ3v) is 4.25. The number of aryl methyl sites for hydroxylation is 1. The molecule has 0 aliphatic rings. The molecule has 0 saturated carbocycles. The zero-order valence-corrected chi connectivity index (χ0v) is 12.7. The summed E-state index contributed by atoms with van der Waals surface area (Å²) in [6.07, 6.45) is 4.83. The van der Waals surface area contributed by atoms with Crippen molar-refractivity contribution in [3.63, 3.8) is 0 Å². The lowest BCUT2D eigenvalue weighted by atomic mass is 10.4. The molecule has 0 aliphatic heterocycles. The van der Waals surface area contributed by atoms with Gasteiger partial charge >= 0.3 is 0 Å². The number of nitrogens with zero attached hydrogens (tertiary/aromatic N) is 4. The summed E-state index contributed by atoms with van der Waals surface area (Å²) in [5, 5.41) is 8.61. The molecule has 0 aliphatic carbocycles. The largest absolute Gasteiger partial charge is 0.346 e. The van der Waals surface area contributed by atoms with E-state index in [1.807, 2.05) is 24.5 Å². The lowest BCUT2D eigenvalue weighted by molar-refractivity contribution is 0.944. The highest BCUT2D eigenvalue weighted by Crippen LogP contribution is 2.15. The molecule has 0 spiro atoms. The van der Waals surface area contributed by atoms with E-state index >= 15 is 0 Å². The number of aromatic nitrogens is 4. The smallest absolute Gasteiger partial charge is 0.243 e. The molecule has 0 atom stereocenters. The van der Waals surface area contributed by atoms with Crippen LogP contribution in [-0.4, -0.2) is 19.6 Å². The third-order valence-electron chi connectivity index (χ3n) is 2.64. The van der Waals surface area contributed by atoms with Gasteiger partial charge in [-0.2, -0.15) is 4.98 Å². The van der Waals surface area contributed by atoms with Gasteiger partial charge in [0.1, 0.15) is 5.01 Å². The Morgan fingerprint density at radius 1 is 1.42 bits per heavy atom. The summed E-state index contributed by atoms with van der Waals surface area (Å²) in [6, 6.07) is 3.86. The minimum absolute atomic E-state index is 0.617. The average molecular weight is 338 g/mol. The first-order valence-electron chi connectivity index (χ1n) is 5.94.